The van der Waals surface area contributed by atoms with Crippen molar-refractivity contribution in [3.63, 3.8) is 0 Å². The molecule has 7 heteroatoms. The van der Waals surface area contributed by atoms with Gasteiger partial charge in [-0.3, -0.25) is 0 Å². The highest BCUT2D eigenvalue weighted by molar-refractivity contribution is 7.89. The Morgan fingerprint density at radius 1 is 1.31 bits per heavy atom. The molecule has 0 fully saturated rings. The number of methoxy groups -OCH3 is 1. The van der Waals surface area contributed by atoms with E-state index in [4.69, 9.17) is 4.74 Å². The summed E-state index contributed by atoms with van der Waals surface area (Å²) in [4.78, 5) is 0.238. The SMILES string of the molecule is C=CCNS(=O)(=O)c1ccc2c(c1)C1C=CCC1C(c1cccc(OC)c1O)N2. The first kappa shape index (κ1) is 19.5. The molecule has 0 aromatic heterocycles. The summed E-state index contributed by atoms with van der Waals surface area (Å²) in [5.74, 6) is 0.803. The minimum Gasteiger partial charge on any atom is -0.504 e. The Labute approximate surface area is 171 Å². The number of sulfonamides is 1. The maximum Gasteiger partial charge on any atom is 0.240 e. The zero-order valence-corrected chi connectivity index (χ0v) is 16.9. The Bertz CT molecular complexity index is 1080. The van der Waals surface area contributed by atoms with Crippen LogP contribution in [0.25, 0.3) is 0 Å². The molecule has 2 aromatic carbocycles. The largest absolute Gasteiger partial charge is 0.504 e. The summed E-state index contributed by atoms with van der Waals surface area (Å²) in [5, 5.41) is 14.2. The Morgan fingerprint density at radius 2 is 2.14 bits per heavy atom. The fourth-order valence-corrected chi connectivity index (χ4v) is 5.29. The van der Waals surface area contributed by atoms with E-state index in [9.17, 15) is 13.5 Å². The molecule has 1 aliphatic heterocycles. The molecule has 0 saturated carbocycles. The average Bonchev–Trinajstić information content (AvgIpc) is 3.22. The van der Waals surface area contributed by atoms with Crippen LogP contribution in [0.2, 0.25) is 0 Å². The van der Waals surface area contributed by atoms with Gasteiger partial charge in [0, 0.05) is 23.7 Å². The van der Waals surface area contributed by atoms with Gasteiger partial charge in [0.25, 0.3) is 0 Å². The van der Waals surface area contributed by atoms with Crippen molar-refractivity contribution in [2.45, 2.75) is 23.3 Å². The number of hydrogen-bond donors (Lipinski definition) is 3. The van der Waals surface area contributed by atoms with Gasteiger partial charge in [0.05, 0.1) is 18.0 Å². The molecule has 0 saturated heterocycles. The summed E-state index contributed by atoms with van der Waals surface area (Å²) in [5.41, 5.74) is 2.59. The summed E-state index contributed by atoms with van der Waals surface area (Å²) in [6, 6.07) is 10.5. The number of nitrogens with one attached hydrogen (secondary N) is 2. The van der Waals surface area contributed by atoms with Gasteiger partial charge in [-0.1, -0.05) is 30.4 Å². The molecule has 1 aliphatic carbocycles. The van der Waals surface area contributed by atoms with Crippen LogP contribution in [0.4, 0.5) is 5.69 Å². The molecule has 2 aliphatic rings. The second-order valence-corrected chi connectivity index (χ2v) is 9.03. The minimum atomic E-state index is -3.60. The monoisotopic (exact) mass is 412 g/mol. The topological polar surface area (TPSA) is 87.7 Å². The third-order valence-corrected chi connectivity index (χ3v) is 7.07. The van der Waals surface area contributed by atoms with Gasteiger partial charge in [-0.15, -0.1) is 6.58 Å². The zero-order chi connectivity index (χ0) is 20.6. The van der Waals surface area contributed by atoms with Crippen molar-refractivity contribution >= 4 is 15.7 Å². The molecular formula is C22H24N2O4S. The number of phenols is 1. The number of allylic oxidation sites excluding steroid dienone is 2. The average molecular weight is 413 g/mol. The summed E-state index contributed by atoms with van der Waals surface area (Å²) in [7, 11) is -2.06. The number of phenolic OH excluding ortho intramolecular Hbond substituents is 1. The molecule has 3 atom stereocenters. The lowest BCUT2D eigenvalue weighted by Gasteiger charge is -2.38. The Hall–Kier alpha value is -2.77. The number of ether oxygens (including phenoxy) is 1. The molecule has 0 spiro atoms. The molecule has 3 unspecified atom stereocenters. The van der Waals surface area contributed by atoms with Crippen molar-refractivity contribution in [2.75, 3.05) is 19.0 Å². The van der Waals surface area contributed by atoms with Gasteiger partial charge >= 0.3 is 0 Å². The second-order valence-electron chi connectivity index (χ2n) is 7.26. The first-order chi connectivity index (χ1) is 14.0. The van der Waals surface area contributed by atoms with E-state index in [1.165, 1.54) is 13.2 Å². The molecule has 1 heterocycles. The first-order valence-corrected chi connectivity index (χ1v) is 11.0. The van der Waals surface area contributed by atoms with E-state index in [1.54, 1.807) is 24.3 Å². The summed E-state index contributed by atoms with van der Waals surface area (Å²) in [6.07, 6.45) is 6.60. The second kappa shape index (κ2) is 7.57. The van der Waals surface area contributed by atoms with Crippen LogP contribution < -0.4 is 14.8 Å². The summed E-state index contributed by atoms with van der Waals surface area (Å²) < 4.78 is 32.8. The number of para-hydroxylation sites is 1. The van der Waals surface area contributed by atoms with Gasteiger partial charge in [0.2, 0.25) is 10.0 Å². The van der Waals surface area contributed by atoms with E-state index in [2.05, 4.69) is 28.8 Å². The Morgan fingerprint density at radius 3 is 2.90 bits per heavy atom. The number of benzene rings is 2. The molecule has 29 heavy (non-hydrogen) atoms. The smallest absolute Gasteiger partial charge is 0.240 e. The van der Waals surface area contributed by atoms with Crippen molar-refractivity contribution < 1.29 is 18.3 Å². The highest BCUT2D eigenvalue weighted by Crippen LogP contribution is 2.52. The predicted molar refractivity (Wildman–Crippen MR) is 113 cm³/mol. The van der Waals surface area contributed by atoms with Crippen LogP contribution in [0.3, 0.4) is 0 Å². The maximum atomic E-state index is 12.5. The van der Waals surface area contributed by atoms with Crippen LogP contribution in [-0.4, -0.2) is 27.2 Å². The van der Waals surface area contributed by atoms with E-state index in [0.29, 0.717) is 5.75 Å². The van der Waals surface area contributed by atoms with E-state index in [0.717, 1.165) is 23.2 Å². The van der Waals surface area contributed by atoms with Crippen molar-refractivity contribution in [1.82, 2.24) is 4.72 Å². The van der Waals surface area contributed by atoms with Crippen LogP contribution in [0.15, 0.2) is 66.1 Å². The lowest BCUT2D eigenvalue weighted by Crippen LogP contribution is -2.30. The van der Waals surface area contributed by atoms with Gasteiger partial charge in [-0.2, -0.15) is 0 Å². The van der Waals surface area contributed by atoms with Crippen molar-refractivity contribution in [3.05, 3.63) is 72.3 Å². The van der Waals surface area contributed by atoms with E-state index < -0.39 is 10.0 Å². The zero-order valence-electron chi connectivity index (χ0n) is 16.1. The third-order valence-electron chi connectivity index (χ3n) is 5.65. The standard InChI is InChI=1S/C22H24N2O4S/c1-3-12-23-29(26,27)14-10-11-19-18(13-14)15-6-4-7-16(15)21(24-19)17-8-5-9-20(28-2)22(17)25/h3-6,8-11,13,15-16,21,23-25H,1,7,12H2,2H3. The van der Waals surface area contributed by atoms with Gasteiger partial charge in [-0.25, -0.2) is 13.1 Å². The normalized spacial score (nSPS) is 22.4. The Kier molecular flexibility index (Phi) is 5.10. The molecule has 6 nitrogen and oxygen atoms in total. The minimum absolute atomic E-state index is 0.0661. The molecule has 3 N–H and O–H groups in total. The first-order valence-electron chi connectivity index (χ1n) is 9.50. The van der Waals surface area contributed by atoms with Crippen LogP contribution in [-0.2, 0) is 10.0 Å². The maximum absolute atomic E-state index is 12.5. The molecule has 0 amide bonds. The highest BCUT2D eigenvalue weighted by atomic mass is 32.2. The molecule has 4 rings (SSSR count). The molecule has 152 valence electrons. The fourth-order valence-electron chi connectivity index (χ4n) is 4.25. The van der Waals surface area contributed by atoms with Crippen LogP contribution in [0.5, 0.6) is 11.5 Å². The van der Waals surface area contributed by atoms with Crippen LogP contribution in [0.1, 0.15) is 29.5 Å². The van der Waals surface area contributed by atoms with E-state index in [-0.39, 0.29) is 35.1 Å². The predicted octanol–water partition coefficient (Wildman–Crippen LogP) is 3.69. The van der Waals surface area contributed by atoms with Crippen LogP contribution >= 0.6 is 0 Å². The number of rotatable bonds is 6. The number of anilines is 1. The van der Waals surface area contributed by atoms with E-state index in [1.807, 2.05) is 12.1 Å². The molecule has 2 aromatic rings. The van der Waals surface area contributed by atoms with Gasteiger partial charge in [0.1, 0.15) is 0 Å². The number of aromatic hydroxyl groups is 1. The van der Waals surface area contributed by atoms with Gasteiger partial charge < -0.3 is 15.2 Å². The van der Waals surface area contributed by atoms with Crippen LogP contribution in [0, 0.1) is 5.92 Å². The van der Waals surface area contributed by atoms with Crippen molar-refractivity contribution in [2.24, 2.45) is 5.92 Å². The van der Waals surface area contributed by atoms with Gasteiger partial charge in [-0.05, 0) is 42.2 Å². The number of fused-ring (bicyclic) bond motifs is 3. The summed E-state index contributed by atoms with van der Waals surface area (Å²) >= 11 is 0. The quantitative estimate of drug-likeness (QED) is 0.630. The lowest BCUT2D eigenvalue weighted by molar-refractivity contribution is 0.358. The lowest BCUT2D eigenvalue weighted by atomic mass is 9.77. The number of hydrogen-bond acceptors (Lipinski definition) is 5. The Balaban J connectivity index is 1.74. The molecular weight excluding hydrogens is 388 g/mol. The third kappa shape index (κ3) is 3.41. The van der Waals surface area contributed by atoms with Crippen molar-refractivity contribution in [3.8, 4) is 11.5 Å². The van der Waals surface area contributed by atoms with Crippen molar-refractivity contribution in [1.29, 1.82) is 0 Å². The summed E-state index contributed by atoms with van der Waals surface area (Å²) in [6.45, 7) is 3.73. The molecule has 0 radical (unpaired) electrons. The highest BCUT2D eigenvalue weighted by Gasteiger charge is 2.39. The van der Waals surface area contributed by atoms with E-state index >= 15 is 0 Å². The van der Waals surface area contributed by atoms with Gasteiger partial charge in [0.15, 0.2) is 11.5 Å². The fraction of sp³-hybridized carbons (Fsp3) is 0.273. The molecule has 0 bridgehead atoms.